The number of amides is 1. The standard InChI is InChI=1S/C17H27N3O/c1-13-7-9-20(10-8-13)17(21)15(11-18)12-19-16-6-4-3-5-14(16)2/h12-14,16,19H,3-10H2,1-2H3/b15-12-. The Kier molecular flexibility index (Phi) is 5.67. The van der Waals surface area contributed by atoms with Crippen LogP contribution in [0.1, 0.15) is 52.4 Å². The molecule has 0 radical (unpaired) electrons. The lowest BCUT2D eigenvalue weighted by molar-refractivity contribution is -0.128. The van der Waals surface area contributed by atoms with Gasteiger partial charge >= 0.3 is 0 Å². The van der Waals surface area contributed by atoms with E-state index in [-0.39, 0.29) is 11.5 Å². The highest BCUT2D eigenvalue weighted by Crippen LogP contribution is 2.24. The second-order valence-corrected chi connectivity index (χ2v) is 6.68. The van der Waals surface area contributed by atoms with Gasteiger partial charge in [0, 0.05) is 25.3 Å². The summed E-state index contributed by atoms with van der Waals surface area (Å²) in [5.41, 5.74) is 0.252. The monoisotopic (exact) mass is 289 g/mol. The molecule has 1 amide bonds. The topological polar surface area (TPSA) is 56.1 Å². The van der Waals surface area contributed by atoms with Gasteiger partial charge < -0.3 is 10.2 Å². The molecule has 21 heavy (non-hydrogen) atoms. The Labute approximate surface area is 128 Å². The SMILES string of the molecule is CC1CCN(C(=O)/C(C#N)=C\NC2CCCCC2C)CC1. The van der Waals surface area contributed by atoms with Crippen molar-refractivity contribution in [1.29, 1.82) is 5.26 Å². The molecule has 1 saturated carbocycles. The van der Waals surface area contributed by atoms with E-state index in [0.717, 1.165) is 32.4 Å². The Balaban J connectivity index is 1.93. The van der Waals surface area contributed by atoms with Crippen LogP contribution in [-0.2, 0) is 4.79 Å². The van der Waals surface area contributed by atoms with Crippen LogP contribution in [0.15, 0.2) is 11.8 Å². The number of carbonyl (C=O) groups excluding carboxylic acids is 1. The molecule has 1 N–H and O–H groups in total. The predicted octanol–water partition coefficient (Wildman–Crippen LogP) is 2.82. The fraction of sp³-hybridized carbons (Fsp3) is 0.765. The number of hydrogen-bond acceptors (Lipinski definition) is 3. The lowest BCUT2D eigenvalue weighted by Gasteiger charge is -2.31. The summed E-state index contributed by atoms with van der Waals surface area (Å²) < 4.78 is 0. The highest BCUT2D eigenvalue weighted by Gasteiger charge is 2.24. The number of likely N-dealkylation sites (tertiary alicyclic amines) is 1. The zero-order valence-corrected chi connectivity index (χ0v) is 13.3. The summed E-state index contributed by atoms with van der Waals surface area (Å²) >= 11 is 0. The van der Waals surface area contributed by atoms with Crippen LogP contribution in [0, 0.1) is 23.2 Å². The van der Waals surface area contributed by atoms with Crippen molar-refractivity contribution < 1.29 is 4.79 Å². The van der Waals surface area contributed by atoms with Crippen molar-refractivity contribution in [1.82, 2.24) is 10.2 Å². The van der Waals surface area contributed by atoms with E-state index in [2.05, 4.69) is 25.2 Å². The first-order valence-electron chi connectivity index (χ1n) is 8.27. The maximum Gasteiger partial charge on any atom is 0.265 e. The van der Waals surface area contributed by atoms with Crippen LogP contribution in [0.2, 0.25) is 0 Å². The molecular weight excluding hydrogens is 262 g/mol. The van der Waals surface area contributed by atoms with Crippen LogP contribution in [-0.4, -0.2) is 29.9 Å². The Morgan fingerprint density at radius 3 is 2.48 bits per heavy atom. The largest absolute Gasteiger partial charge is 0.387 e. The summed E-state index contributed by atoms with van der Waals surface area (Å²) in [4.78, 5) is 14.2. The minimum absolute atomic E-state index is 0.111. The zero-order chi connectivity index (χ0) is 15.2. The Bertz CT molecular complexity index is 430. The number of nitriles is 1. The average molecular weight is 289 g/mol. The van der Waals surface area contributed by atoms with Crippen LogP contribution < -0.4 is 5.32 Å². The summed E-state index contributed by atoms with van der Waals surface area (Å²) in [6.07, 6.45) is 8.62. The van der Waals surface area contributed by atoms with Gasteiger partial charge in [0.05, 0.1) is 0 Å². The Morgan fingerprint density at radius 1 is 1.19 bits per heavy atom. The second kappa shape index (κ2) is 7.49. The van der Waals surface area contributed by atoms with E-state index >= 15 is 0 Å². The highest BCUT2D eigenvalue weighted by molar-refractivity contribution is 5.97. The molecule has 1 heterocycles. The third kappa shape index (κ3) is 4.23. The number of hydrogen-bond donors (Lipinski definition) is 1. The number of nitrogens with zero attached hydrogens (tertiary/aromatic N) is 2. The van der Waals surface area contributed by atoms with E-state index in [9.17, 15) is 10.1 Å². The molecule has 1 saturated heterocycles. The van der Waals surface area contributed by atoms with Gasteiger partial charge in [-0.3, -0.25) is 4.79 Å². The molecule has 1 aliphatic heterocycles. The van der Waals surface area contributed by atoms with Gasteiger partial charge in [0.15, 0.2) is 0 Å². The van der Waals surface area contributed by atoms with E-state index in [1.54, 1.807) is 6.20 Å². The molecule has 0 aromatic rings. The Morgan fingerprint density at radius 2 is 1.86 bits per heavy atom. The number of rotatable bonds is 3. The number of piperidine rings is 1. The minimum Gasteiger partial charge on any atom is -0.387 e. The van der Waals surface area contributed by atoms with Crippen LogP contribution in [0.5, 0.6) is 0 Å². The van der Waals surface area contributed by atoms with Crippen LogP contribution in [0.3, 0.4) is 0 Å². The molecule has 4 heteroatoms. The fourth-order valence-corrected chi connectivity index (χ4v) is 3.28. The first-order chi connectivity index (χ1) is 10.1. The van der Waals surface area contributed by atoms with Gasteiger partial charge in [0.1, 0.15) is 11.6 Å². The quantitative estimate of drug-likeness (QED) is 0.642. The molecule has 0 aromatic carbocycles. The maximum absolute atomic E-state index is 12.4. The first kappa shape index (κ1) is 15.9. The van der Waals surface area contributed by atoms with Crippen molar-refractivity contribution in [2.45, 2.75) is 58.4 Å². The van der Waals surface area contributed by atoms with E-state index in [0.29, 0.717) is 17.9 Å². The van der Waals surface area contributed by atoms with Crippen molar-refractivity contribution in [2.75, 3.05) is 13.1 Å². The molecule has 0 spiro atoms. The summed E-state index contributed by atoms with van der Waals surface area (Å²) in [7, 11) is 0. The van der Waals surface area contributed by atoms with Gasteiger partial charge in [-0.05, 0) is 37.5 Å². The summed E-state index contributed by atoms with van der Waals surface area (Å²) in [6, 6.07) is 2.47. The van der Waals surface area contributed by atoms with Crippen LogP contribution in [0.4, 0.5) is 0 Å². The average Bonchev–Trinajstić information content (AvgIpc) is 2.50. The molecule has 2 unspecified atom stereocenters. The molecule has 2 rings (SSSR count). The highest BCUT2D eigenvalue weighted by atomic mass is 16.2. The molecule has 2 fully saturated rings. The van der Waals surface area contributed by atoms with Gasteiger partial charge in [0.2, 0.25) is 0 Å². The maximum atomic E-state index is 12.4. The molecular formula is C17H27N3O. The molecule has 1 aliphatic carbocycles. The van der Waals surface area contributed by atoms with Crippen molar-refractivity contribution in [3.63, 3.8) is 0 Å². The van der Waals surface area contributed by atoms with Gasteiger partial charge in [0.25, 0.3) is 5.91 Å². The van der Waals surface area contributed by atoms with Crippen LogP contribution in [0.25, 0.3) is 0 Å². The smallest absolute Gasteiger partial charge is 0.265 e. The van der Waals surface area contributed by atoms with Gasteiger partial charge in [-0.25, -0.2) is 0 Å². The van der Waals surface area contributed by atoms with E-state index in [1.807, 2.05) is 4.90 Å². The third-order valence-electron chi connectivity index (χ3n) is 4.97. The van der Waals surface area contributed by atoms with Crippen molar-refractivity contribution in [2.24, 2.45) is 11.8 Å². The lowest BCUT2D eigenvalue weighted by Crippen LogP contribution is -2.39. The molecule has 0 aromatic heterocycles. The van der Waals surface area contributed by atoms with Crippen molar-refractivity contribution >= 4 is 5.91 Å². The van der Waals surface area contributed by atoms with Crippen LogP contribution >= 0.6 is 0 Å². The normalized spacial score (nSPS) is 28.0. The van der Waals surface area contributed by atoms with Crippen molar-refractivity contribution in [3.8, 4) is 6.07 Å². The molecule has 4 nitrogen and oxygen atoms in total. The summed E-state index contributed by atoms with van der Waals surface area (Å²) in [5, 5.41) is 12.6. The van der Waals surface area contributed by atoms with E-state index in [1.165, 1.54) is 19.3 Å². The molecule has 2 aliphatic rings. The third-order valence-corrected chi connectivity index (χ3v) is 4.97. The van der Waals surface area contributed by atoms with Gasteiger partial charge in [-0.2, -0.15) is 5.26 Å². The predicted molar refractivity (Wildman–Crippen MR) is 83.2 cm³/mol. The van der Waals surface area contributed by atoms with Crippen molar-refractivity contribution in [3.05, 3.63) is 11.8 Å². The summed E-state index contributed by atoms with van der Waals surface area (Å²) in [6.45, 7) is 6.01. The molecule has 116 valence electrons. The van der Waals surface area contributed by atoms with E-state index in [4.69, 9.17) is 0 Å². The van der Waals surface area contributed by atoms with E-state index < -0.39 is 0 Å². The van der Waals surface area contributed by atoms with Gasteiger partial charge in [-0.15, -0.1) is 0 Å². The summed E-state index contributed by atoms with van der Waals surface area (Å²) in [5.74, 6) is 1.19. The number of carbonyl (C=O) groups is 1. The lowest BCUT2D eigenvalue weighted by atomic mass is 9.86. The molecule has 0 bridgehead atoms. The van der Waals surface area contributed by atoms with Gasteiger partial charge in [-0.1, -0.05) is 26.7 Å². The molecule has 2 atom stereocenters. The first-order valence-corrected chi connectivity index (χ1v) is 8.27. The second-order valence-electron chi connectivity index (χ2n) is 6.68. The zero-order valence-electron chi connectivity index (χ0n) is 13.3. The number of nitrogens with one attached hydrogen (secondary N) is 1. The minimum atomic E-state index is -0.111. The fourth-order valence-electron chi connectivity index (χ4n) is 3.28. The Hall–Kier alpha value is -1.50.